The molecule has 0 saturated carbocycles. The number of nitrogens with one attached hydrogen (secondary N) is 1. The Bertz CT molecular complexity index is 1160. The van der Waals surface area contributed by atoms with Gasteiger partial charge in [0.1, 0.15) is 12.4 Å². The third kappa shape index (κ3) is 5.64. The van der Waals surface area contributed by atoms with Crippen LogP contribution < -0.4 is 14.5 Å². The van der Waals surface area contributed by atoms with Crippen LogP contribution in [0.4, 0.5) is 15.8 Å². The van der Waals surface area contributed by atoms with E-state index >= 15 is 0 Å². The smallest absolute Gasteiger partial charge is 0.264 e. The van der Waals surface area contributed by atoms with Gasteiger partial charge in [0, 0.05) is 26.3 Å². The number of carbonyl (C=O) groups excluding carboxylic acids is 1. The van der Waals surface area contributed by atoms with Crippen molar-refractivity contribution in [1.29, 1.82) is 0 Å². The maximum Gasteiger partial charge on any atom is 0.264 e. The van der Waals surface area contributed by atoms with Crippen molar-refractivity contribution < 1.29 is 17.6 Å². The fraction of sp³-hybridized carbons (Fsp3) is 0.208. The predicted molar refractivity (Wildman–Crippen MR) is 125 cm³/mol. The van der Waals surface area contributed by atoms with Gasteiger partial charge in [-0.05, 0) is 61.0 Å². The Kier molecular flexibility index (Phi) is 7.15. The summed E-state index contributed by atoms with van der Waals surface area (Å²) in [4.78, 5) is 14.6. The van der Waals surface area contributed by atoms with Gasteiger partial charge >= 0.3 is 0 Å². The molecule has 0 aliphatic rings. The van der Waals surface area contributed by atoms with Crippen LogP contribution in [0.3, 0.4) is 0 Å². The van der Waals surface area contributed by atoms with Crippen molar-refractivity contribution in [3.63, 3.8) is 0 Å². The van der Waals surface area contributed by atoms with Gasteiger partial charge in [0.15, 0.2) is 0 Å². The summed E-state index contributed by atoms with van der Waals surface area (Å²) in [7, 11) is -0.192. The van der Waals surface area contributed by atoms with Crippen LogP contribution in [0.1, 0.15) is 11.1 Å². The Labute approximate surface area is 188 Å². The summed E-state index contributed by atoms with van der Waals surface area (Å²) < 4.78 is 40.9. The highest BCUT2D eigenvalue weighted by Crippen LogP contribution is 2.24. The van der Waals surface area contributed by atoms with Crippen LogP contribution in [0.25, 0.3) is 0 Å². The zero-order chi connectivity index (χ0) is 23.3. The van der Waals surface area contributed by atoms with E-state index in [2.05, 4.69) is 5.32 Å². The van der Waals surface area contributed by atoms with Gasteiger partial charge in [-0.1, -0.05) is 29.8 Å². The first-order valence-electron chi connectivity index (χ1n) is 10.0. The van der Waals surface area contributed by atoms with Crippen molar-refractivity contribution in [3.05, 3.63) is 89.7 Å². The molecule has 0 aliphatic heterocycles. The first-order chi connectivity index (χ1) is 15.2. The van der Waals surface area contributed by atoms with Gasteiger partial charge in [-0.2, -0.15) is 0 Å². The quantitative estimate of drug-likeness (QED) is 0.562. The summed E-state index contributed by atoms with van der Waals surface area (Å²) in [5.41, 5.74) is 3.24. The molecule has 3 rings (SSSR count). The van der Waals surface area contributed by atoms with Crippen LogP contribution in [-0.4, -0.2) is 35.0 Å². The molecule has 1 amide bonds. The number of halogens is 1. The molecule has 0 saturated heterocycles. The van der Waals surface area contributed by atoms with E-state index < -0.39 is 28.3 Å². The van der Waals surface area contributed by atoms with E-state index in [0.29, 0.717) is 5.69 Å². The number of sulfonamides is 1. The number of rotatable bonds is 8. The van der Waals surface area contributed by atoms with Crippen LogP contribution in [0.5, 0.6) is 0 Å². The highest BCUT2D eigenvalue weighted by Gasteiger charge is 2.27. The van der Waals surface area contributed by atoms with Crippen LogP contribution in [-0.2, 0) is 21.4 Å². The molecule has 0 heterocycles. The number of anilines is 2. The molecule has 32 heavy (non-hydrogen) atoms. The summed E-state index contributed by atoms with van der Waals surface area (Å²) in [6.07, 6.45) is 0. The molecule has 1 N–H and O–H groups in total. The predicted octanol–water partition coefficient (Wildman–Crippen LogP) is 3.71. The number of hydrogen-bond donors (Lipinski definition) is 1. The zero-order valence-corrected chi connectivity index (χ0v) is 19.1. The van der Waals surface area contributed by atoms with Gasteiger partial charge in [0.2, 0.25) is 5.91 Å². The Morgan fingerprint density at radius 2 is 1.44 bits per heavy atom. The lowest BCUT2D eigenvalue weighted by Crippen LogP contribution is -2.40. The van der Waals surface area contributed by atoms with E-state index in [-0.39, 0.29) is 11.4 Å². The number of nitrogens with zero attached hydrogens (tertiary/aromatic N) is 2. The number of amides is 1. The zero-order valence-electron chi connectivity index (χ0n) is 18.2. The topological polar surface area (TPSA) is 69.7 Å². The Balaban J connectivity index is 1.80. The third-order valence-electron chi connectivity index (χ3n) is 4.95. The fourth-order valence-corrected chi connectivity index (χ4v) is 4.48. The van der Waals surface area contributed by atoms with Gasteiger partial charge < -0.3 is 10.2 Å². The second-order valence-electron chi connectivity index (χ2n) is 7.64. The fourth-order valence-electron chi connectivity index (χ4n) is 3.06. The minimum atomic E-state index is -4.08. The molecular formula is C24H26FN3O3S. The van der Waals surface area contributed by atoms with E-state index in [1.807, 2.05) is 50.2 Å². The molecule has 3 aromatic carbocycles. The number of carbonyl (C=O) groups is 1. The van der Waals surface area contributed by atoms with E-state index in [9.17, 15) is 17.6 Å². The first-order valence-corrected chi connectivity index (χ1v) is 11.5. The Morgan fingerprint density at radius 3 is 2.00 bits per heavy atom. The van der Waals surface area contributed by atoms with Gasteiger partial charge in [-0.3, -0.25) is 9.10 Å². The summed E-state index contributed by atoms with van der Waals surface area (Å²) in [6.45, 7) is 1.75. The van der Waals surface area contributed by atoms with Crippen molar-refractivity contribution in [2.45, 2.75) is 18.4 Å². The minimum Gasteiger partial charge on any atom is -0.378 e. The summed E-state index contributed by atoms with van der Waals surface area (Å²) in [5.74, 6) is -0.989. The molecule has 0 radical (unpaired) electrons. The van der Waals surface area contributed by atoms with Gasteiger partial charge in [-0.15, -0.1) is 0 Å². The molecule has 0 aliphatic carbocycles. The van der Waals surface area contributed by atoms with E-state index in [4.69, 9.17) is 0 Å². The molecular weight excluding hydrogens is 429 g/mol. The Morgan fingerprint density at radius 1 is 0.875 bits per heavy atom. The number of benzene rings is 3. The molecule has 0 bridgehead atoms. The van der Waals surface area contributed by atoms with Crippen LogP contribution in [0.2, 0.25) is 0 Å². The van der Waals surface area contributed by atoms with Gasteiger partial charge in [0.25, 0.3) is 10.0 Å². The number of hydrogen-bond acceptors (Lipinski definition) is 4. The van der Waals surface area contributed by atoms with Crippen LogP contribution >= 0.6 is 0 Å². The second kappa shape index (κ2) is 9.82. The lowest BCUT2D eigenvalue weighted by Gasteiger charge is -2.24. The molecule has 0 unspecified atom stereocenters. The molecule has 6 nitrogen and oxygen atoms in total. The minimum absolute atomic E-state index is 0.0912. The average molecular weight is 456 g/mol. The normalized spacial score (nSPS) is 11.1. The molecule has 0 aromatic heterocycles. The maximum atomic E-state index is 13.3. The SMILES string of the molecule is Cc1ccc(N(CC(=O)NCc2ccc(N(C)C)cc2)S(=O)(=O)c2ccc(F)cc2)cc1. The second-order valence-corrected chi connectivity index (χ2v) is 9.50. The van der Waals surface area contributed by atoms with E-state index in [0.717, 1.165) is 33.3 Å². The van der Waals surface area contributed by atoms with Crippen LogP contribution in [0, 0.1) is 12.7 Å². The highest BCUT2D eigenvalue weighted by atomic mass is 32.2. The van der Waals surface area contributed by atoms with Crippen molar-refractivity contribution in [2.75, 3.05) is 29.8 Å². The standard InChI is InChI=1S/C24H26FN3O3S/c1-18-4-10-22(11-5-18)28(32(30,31)23-14-8-20(25)9-15-23)17-24(29)26-16-19-6-12-21(13-7-19)27(2)3/h4-15H,16-17H2,1-3H3,(H,26,29). The first kappa shape index (κ1) is 23.3. The van der Waals surface area contributed by atoms with Crippen molar-refractivity contribution >= 4 is 27.3 Å². The van der Waals surface area contributed by atoms with Crippen molar-refractivity contribution in [2.24, 2.45) is 0 Å². The van der Waals surface area contributed by atoms with Crippen LogP contribution in [0.15, 0.2) is 77.7 Å². The highest BCUT2D eigenvalue weighted by molar-refractivity contribution is 7.92. The summed E-state index contributed by atoms with van der Waals surface area (Å²) in [5, 5.41) is 2.77. The number of aryl methyl sites for hydroxylation is 1. The molecule has 168 valence electrons. The van der Waals surface area contributed by atoms with Crippen molar-refractivity contribution in [3.8, 4) is 0 Å². The monoisotopic (exact) mass is 455 g/mol. The maximum absolute atomic E-state index is 13.3. The molecule has 3 aromatic rings. The van der Waals surface area contributed by atoms with E-state index in [1.54, 1.807) is 24.3 Å². The van der Waals surface area contributed by atoms with Gasteiger partial charge in [-0.25, -0.2) is 12.8 Å². The largest absolute Gasteiger partial charge is 0.378 e. The molecule has 8 heteroatoms. The third-order valence-corrected chi connectivity index (χ3v) is 6.74. The van der Waals surface area contributed by atoms with Crippen molar-refractivity contribution in [1.82, 2.24) is 5.32 Å². The Hall–Kier alpha value is -3.39. The van der Waals surface area contributed by atoms with E-state index in [1.165, 1.54) is 12.1 Å². The lowest BCUT2D eigenvalue weighted by atomic mass is 10.2. The van der Waals surface area contributed by atoms with Gasteiger partial charge in [0.05, 0.1) is 10.6 Å². The molecule has 0 atom stereocenters. The molecule has 0 fully saturated rings. The summed E-state index contributed by atoms with van der Waals surface area (Å²) in [6, 6.07) is 19.1. The summed E-state index contributed by atoms with van der Waals surface area (Å²) >= 11 is 0. The lowest BCUT2D eigenvalue weighted by molar-refractivity contribution is -0.119. The average Bonchev–Trinajstić information content (AvgIpc) is 2.77. The molecule has 0 spiro atoms.